The number of carbonyl (C=O) groups is 2. The number of amides is 1. The highest BCUT2D eigenvalue weighted by Crippen LogP contribution is 2.36. The third-order valence-electron chi connectivity index (χ3n) is 4.55. The molecule has 0 spiro atoms. The molecule has 9 heteroatoms. The fourth-order valence-electron chi connectivity index (χ4n) is 3.11. The van der Waals surface area contributed by atoms with E-state index >= 15 is 0 Å². The summed E-state index contributed by atoms with van der Waals surface area (Å²) >= 11 is 0. The molecule has 1 aliphatic rings. The number of hydrogen-bond acceptors (Lipinski definition) is 5. The second-order valence-corrected chi connectivity index (χ2v) is 6.64. The van der Waals surface area contributed by atoms with Gasteiger partial charge in [0.15, 0.2) is 6.61 Å². The van der Waals surface area contributed by atoms with Crippen LogP contribution in [0.3, 0.4) is 0 Å². The second kappa shape index (κ2) is 8.93. The van der Waals surface area contributed by atoms with Crippen LogP contribution in [-0.4, -0.2) is 36.6 Å². The number of aromatic nitrogens is 1. The van der Waals surface area contributed by atoms with Crippen molar-refractivity contribution in [3.63, 3.8) is 0 Å². The molecule has 1 aliphatic heterocycles. The van der Waals surface area contributed by atoms with Gasteiger partial charge in [-0.1, -0.05) is 0 Å². The highest BCUT2D eigenvalue weighted by Gasteiger charge is 2.32. The molecule has 154 valence electrons. The average molecular weight is 407 g/mol. The van der Waals surface area contributed by atoms with E-state index in [1.54, 1.807) is 0 Å². The number of pyridine rings is 1. The van der Waals surface area contributed by atoms with Crippen LogP contribution < -0.4 is 10.2 Å². The molecule has 0 saturated carbocycles. The third-order valence-corrected chi connectivity index (χ3v) is 4.55. The van der Waals surface area contributed by atoms with Crippen molar-refractivity contribution in [2.45, 2.75) is 25.4 Å². The van der Waals surface area contributed by atoms with Gasteiger partial charge in [0.2, 0.25) is 0 Å². The molecule has 1 saturated heterocycles. The van der Waals surface area contributed by atoms with E-state index < -0.39 is 30.2 Å². The monoisotopic (exact) mass is 407 g/mol. The Balaban J connectivity index is 1.73. The van der Waals surface area contributed by atoms with Gasteiger partial charge in [-0.05, 0) is 49.6 Å². The molecule has 1 amide bonds. The Bertz CT molecular complexity index is 866. The van der Waals surface area contributed by atoms with E-state index in [-0.39, 0.29) is 11.3 Å². The predicted octanol–water partition coefficient (Wildman–Crippen LogP) is 3.89. The minimum absolute atomic E-state index is 0.0479. The van der Waals surface area contributed by atoms with Crippen molar-refractivity contribution >= 4 is 23.3 Å². The first-order valence-electron chi connectivity index (χ1n) is 9.18. The number of rotatable bonds is 5. The van der Waals surface area contributed by atoms with Crippen LogP contribution in [0.5, 0.6) is 0 Å². The molecule has 29 heavy (non-hydrogen) atoms. The predicted molar refractivity (Wildman–Crippen MR) is 101 cm³/mol. The molecule has 3 rings (SSSR count). The summed E-state index contributed by atoms with van der Waals surface area (Å²) in [5.74, 6) is -1.44. The molecule has 1 aromatic heterocycles. The summed E-state index contributed by atoms with van der Waals surface area (Å²) in [5, 5.41) is 2.46. The minimum Gasteiger partial charge on any atom is -0.452 e. The van der Waals surface area contributed by atoms with Crippen LogP contribution in [0.2, 0.25) is 0 Å². The largest absolute Gasteiger partial charge is 0.452 e. The van der Waals surface area contributed by atoms with Crippen molar-refractivity contribution in [2.24, 2.45) is 0 Å². The van der Waals surface area contributed by atoms with Crippen molar-refractivity contribution < 1.29 is 27.5 Å². The molecule has 1 aromatic carbocycles. The number of nitrogens with zero attached hydrogens (tertiary/aromatic N) is 2. The smallest absolute Gasteiger partial charge is 0.416 e. The standard InChI is InChI=1S/C20H20F3N3O3/c21-20(22,23)15-4-5-17(26-10-2-1-3-11-26)16(12-15)25-18(27)13-29-19(28)14-6-8-24-9-7-14/h4-9,12H,1-3,10-11,13H2,(H,25,27). The fraction of sp³-hybridized carbons (Fsp3) is 0.350. The van der Waals surface area contributed by atoms with Gasteiger partial charge in [0.05, 0.1) is 22.5 Å². The molecule has 0 atom stereocenters. The van der Waals surface area contributed by atoms with Crippen LogP contribution in [0, 0.1) is 0 Å². The van der Waals surface area contributed by atoms with Crippen molar-refractivity contribution in [2.75, 3.05) is 29.9 Å². The van der Waals surface area contributed by atoms with Crippen LogP contribution in [0.4, 0.5) is 24.5 Å². The molecule has 2 aromatic rings. The molecule has 2 heterocycles. The van der Waals surface area contributed by atoms with Crippen LogP contribution in [-0.2, 0) is 15.7 Å². The van der Waals surface area contributed by atoms with Crippen molar-refractivity contribution in [3.05, 3.63) is 53.9 Å². The number of carbonyl (C=O) groups excluding carboxylic acids is 2. The normalized spacial score (nSPS) is 14.4. The quantitative estimate of drug-likeness (QED) is 0.762. The van der Waals surface area contributed by atoms with Gasteiger partial charge in [-0.25, -0.2) is 4.79 Å². The molecule has 1 N–H and O–H groups in total. The van der Waals surface area contributed by atoms with Crippen LogP contribution in [0.15, 0.2) is 42.7 Å². The molecule has 0 aliphatic carbocycles. The van der Waals surface area contributed by atoms with Crippen LogP contribution in [0.25, 0.3) is 0 Å². The summed E-state index contributed by atoms with van der Waals surface area (Å²) in [4.78, 5) is 29.9. The number of halogens is 3. The van der Waals surface area contributed by atoms with Crippen molar-refractivity contribution in [1.29, 1.82) is 0 Å². The maximum Gasteiger partial charge on any atom is 0.416 e. The Kier molecular flexibility index (Phi) is 6.36. The first kappa shape index (κ1) is 20.6. The summed E-state index contributed by atoms with van der Waals surface area (Å²) in [6.07, 6.45) is 1.20. The first-order valence-corrected chi connectivity index (χ1v) is 9.18. The summed E-state index contributed by atoms with van der Waals surface area (Å²) in [7, 11) is 0. The number of ether oxygens (including phenoxy) is 1. The summed E-state index contributed by atoms with van der Waals surface area (Å²) in [6.45, 7) is 0.785. The fourth-order valence-corrected chi connectivity index (χ4v) is 3.11. The molecule has 6 nitrogen and oxygen atoms in total. The zero-order valence-corrected chi connectivity index (χ0v) is 15.5. The zero-order valence-electron chi connectivity index (χ0n) is 15.5. The maximum atomic E-state index is 13.1. The van der Waals surface area contributed by atoms with Gasteiger partial charge in [0.25, 0.3) is 5.91 Å². The average Bonchev–Trinajstić information content (AvgIpc) is 2.72. The van der Waals surface area contributed by atoms with Gasteiger partial charge in [-0.3, -0.25) is 9.78 Å². The number of nitrogens with one attached hydrogen (secondary N) is 1. The molecular weight excluding hydrogens is 387 g/mol. The van der Waals surface area contributed by atoms with Gasteiger partial charge in [0, 0.05) is 25.5 Å². The highest BCUT2D eigenvalue weighted by molar-refractivity contribution is 5.97. The Hall–Kier alpha value is -3.10. The Morgan fingerprint density at radius 2 is 1.76 bits per heavy atom. The van der Waals surface area contributed by atoms with Gasteiger partial charge in [-0.15, -0.1) is 0 Å². The van der Waals surface area contributed by atoms with Crippen molar-refractivity contribution in [3.8, 4) is 0 Å². The topological polar surface area (TPSA) is 71.5 Å². The van der Waals surface area contributed by atoms with Crippen LogP contribution >= 0.6 is 0 Å². The Labute approximate surface area is 165 Å². The zero-order chi connectivity index (χ0) is 20.9. The highest BCUT2D eigenvalue weighted by atomic mass is 19.4. The maximum absolute atomic E-state index is 13.1. The molecule has 0 unspecified atom stereocenters. The van der Waals surface area contributed by atoms with Gasteiger partial charge in [-0.2, -0.15) is 13.2 Å². The lowest BCUT2D eigenvalue weighted by atomic mass is 10.1. The number of esters is 1. The lowest BCUT2D eigenvalue weighted by molar-refractivity contribution is -0.137. The van der Waals surface area contributed by atoms with E-state index in [4.69, 9.17) is 4.74 Å². The lowest BCUT2D eigenvalue weighted by Gasteiger charge is -2.31. The number of piperidine rings is 1. The van der Waals surface area contributed by atoms with Crippen molar-refractivity contribution in [1.82, 2.24) is 4.98 Å². The third kappa shape index (κ3) is 5.46. The number of anilines is 2. The van der Waals surface area contributed by atoms with E-state index in [1.807, 2.05) is 4.90 Å². The molecule has 0 radical (unpaired) electrons. The van der Waals surface area contributed by atoms with Crippen LogP contribution in [0.1, 0.15) is 35.2 Å². The van der Waals surface area contributed by atoms with E-state index in [1.165, 1.54) is 30.6 Å². The Morgan fingerprint density at radius 1 is 1.07 bits per heavy atom. The molecular formula is C20H20F3N3O3. The van der Waals surface area contributed by atoms with E-state index in [9.17, 15) is 22.8 Å². The van der Waals surface area contributed by atoms with Gasteiger partial charge in [0.1, 0.15) is 0 Å². The minimum atomic E-state index is -4.53. The van der Waals surface area contributed by atoms with Gasteiger partial charge < -0.3 is 15.0 Å². The SMILES string of the molecule is O=C(COC(=O)c1ccncc1)Nc1cc(C(F)(F)F)ccc1N1CCCCC1. The molecule has 1 fully saturated rings. The summed E-state index contributed by atoms with van der Waals surface area (Å²) < 4.78 is 44.3. The second-order valence-electron chi connectivity index (χ2n) is 6.64. The first-order chi connectivity index (χ1) is 13.8. The number of hydrogen-bond donors (Lipinski definition) is 1. The van der Waals surface area contributed by atoms with E-state index in [0.29, 0.717) is 18.8 Å². The van der Waals surface area contributed by atoms with E-state index in [2.05, 4.69) is 10.3 Å². The number of benzene rings is 1. The van der Waals surface area contributed by atoms with E-state index in [0.717, 1.165) is 31.4 Å². The molecule has 0 bridgehead atoms. The number of alkyl halides is 3. The lowest BCUT2D eigenvalue weighted by Crippen LogP contribution is -2.31. The summed E-state index contributed by atoms with van der Waals surface area (Å²) in [5.41, 5.74) is -0.0681. The summed E-state index contributed by atoms with van der Waals surface area (Å²) in [6, 6.07) is 6.14. The Morgan fingerprint density at radius 3 is 2.41 bits per heavy atom. The van der Waals surface area contributed by atoms with Gasteiger partial charge >= 0.3 is 12.1 Å².